The molecule has 4 heteroatoms. The van der Waals surface area contributed by atoms with Crippen LogP contribution in [-0.4, -0.2) is 21.7 Å². The number of aryl methyl sites for hydroxylation is 1. The summed E-state index contributed by atoms with van der Waals surface area (Å²) < 4.78 is 2.19. The van der Waals surface area contributed by atoms with E-state index in [0.717, 1.165) is 16.6 Å². The molecule has 4 nitrogen and oxygen atoms in total. The minimum atomic E-state index is -0.945. The molecule has 2 aromatic rings. The number of carbonyl (C=O) groups is 1. The maximum Gasteiger partial charge on any atom is 0.320 e. The van der Waals surface area contributed by atoms with Gasteiger partial charge in [-0.05, 0) is 36.8 Å². The van der Waals surface area contributed by atoms with Crippen molar-refractivity contribution in [2.75, 3.05) is 0 Å². The summed E-state index contributed by atoms with van der Waals surface area (Å²) in [7, 11) is 2.05. The number of hydrogen-bond acceptors (Lipinski definition) is 2. The Morgan fingerprint density at radius 2 is 2.20 bits per heavy atom. The number of para-hydroxylation sites is 1. The lowest BCUT2D eigenvalue weighted by Gasteiger charge is -2.07. The van der Waals surface area contributed by atoms with E-state index in [1.807, 2.05) is 6.92 Å². The molecule has 1 heterocycles. The summed E-state index contributed by atoms with van der Waals surface area (Å²) in [5.41, 5.74) is 10.5. The van der Waals surface area contributed by atoms with E-state index in [1.165, 1.54) is 23.9 Å². The molecule has 0 aliphatic heterocycles. The quantitative estimate of drug-likeness (QED) is 0.897. The Balaban J connectivity index is 2.15. The number of hydrogen-bond donors (Lipinski definition) is 2. The molecule has 1 aromatic heterocycles. The zero-order chi connectivity index (χ0) is 14.4. The van der Waals surface area contributed by atoms with Crippen LogP contribution in [0.2, 0.25) is 0 Å². The lowest BCUT2D eigenvalue weighted by Crippen LogP contribution is -2.32. The number of fused-ring (bicyclic) bond motifs is 1. The molecule has 0 amide bonds. The molecule has 0 spiro atoms. The molecule has 1 saturated carbocycles. The molecule has 1 atom stereocenters. The molecular weight excluding hydrogens is 252 g/mol. The Kier molecular flexibility index (Phi) is 3.05. The molecular formula is C16H20N2O2. The Morgan fingerprint density at radius 1 is 1.50 bits per heavy atom. The summed E-state index contributed by atoms with van der Waals surface area (Å²) in [4.78, 5) is 11.0. The molecule has 1 unspecified atom stereocenters. The van der Waals surface area contributed by atoms with Crippen molar-refractivity contribution in [3.8, 4) is 0 Å². The van der Waals surface area contributed by atoms with Gasteiger partial charge in [0.2, 0.25) is 0 Å². The molecule has 0 saturated heterocycles. The van der Waals surface area contributed by atoms with Gasteiger partial charge in [0, 0.05) is 24.5 Å². The molecule has 1 aromatic carbocycles. The summed E-state index contributed by atoms with van der Waals surface area (Å²) in [5.74, 6) is -0.271. The fourth-order valence-electron chi connectivity index (χ4n) is 3.03. The fourth-order valence-corrected chi connectivity index (χ4v) is 3.03. The van der Waals surface area contributed by atoms with E-state index >= 15 is 0 Å². The van der Waals surface area contributed by atoms with Crippen LogP contribution in [-0.2, 0) is 18.3 Å². The zero-order valence-electron chi connectivity index (χ0n) is 11.9. The van der Waals surface area contributed by atoms with Crippen LogP contribution in [0.5, 0.6) is 0 Å². The predicted molar refractivity (Wildman–Crippen MR) is 78.9 cm³/mol. The molecule has 0 radical (unpaired) electrons. The van der Waals surface area contributed by atoms with E-state index < -0.39 is 12.0 Å². The lowest BCUT2D eigenvalue weighted by atomic mass is 10.0. The maximum absolute atomic E-state index is 11.0. The first-order chi connectivity index (χ1) is 9.50. The number of benzene rings is 1. The highest BCUT2D eigenvalue weighted by Crippen LogP contribution is 2.44. The average Bonchev–Trinajstić information content (AvgIpc) is 3.23. The third kappa shape index (κ3) is 2.00. The summed E-state index contributed by atoms with van der Waals surface area (Å²) in [5, 5.41) is 10.2. The zero-order valence-corrected chi connectivity index (χ0v) is 11.9. The van der Waals surface area contributed by atoms with Gasteiger partial charge in [-0.1, -0.05) is 18.2 Å². The highest BCUT2D eigenvalue weighted by atomic mass is 16.4. The standard InChI is InChI=1S/C16H20N2O2/c1-9-13(8-14(17)16(19)20)12-5-3-4-11(10-6-7-10)15(12)18(9)2/h3-5,10,14H,6-8,17H2,1-2H3,(H,19,20). The number of carboxylic acids is 1. The van der Waals surface area contributed by atoms with Gasteiger partial charge < -0.3 is 15.4 Å². The van der Waals surface area contributed by atoms with Gasteiger partial charge in [-0.15, -0.1) is 0 Å². The molecule has 3 N–H and O–H groups in total. The fraction of sp³-hybridized carbons (Fsp3) is 0.438. The largest absolute Gasteiger partial charge is 0.480 e. The van der Waals surface area contributed by atoms with Crippen molar-refractivity contribution in [2.24, 2.45) is 12.8 Å². The van der Waals surface area contributed by atoms with Gasteiger partial charge >= 0.3 is 5.97 Å². The van der Waals surface area contributed by atoms with E-state index in [1.54, 1.807) is 0 Å². The molecule has 1 fully saturated rings. The minimum absolute atomic E-state index is 0.382. The second-order valence-electron chi connectivity index (χ2n) is 5.79. The summed E-state index contributed by atoms with van der Waals surface area (Å²) in [6.07, 6.45) is 2.90. The van der Waals surface area contributed by atoms with Crippen molar-refractivity contribution in [1.29, 1.82) is 0 Å². The number of rotatable bonds is 4. The lowest BCUT2D eigenvalue weighted by molar-refractivity contribution is -0.138. The van der Waals surface area contributed by atoms with Crippen molar-refractivity contribution in [2.45, 2.75) is 38.1 Å². The van der Waals surface area contributed by atoms with Crippen molar-refractivity contribution >= 4 is 16.9 Å². The molecule has 3 rings (SSSR count). The highest BCUT2D eigenvalue weighted by molar-refractivity contribution is 5.89. The van der Waals surface area contributed by atoms with Crippen LogP contribution >= 0.6 is 0 Å². The summed E-state index contributed by atoms with van der Waals surface area (Å²) in [6.45, 7) is 2.04. The van der Waals surface area contributed by atoms with Gasteiger partial charge in [0.05, 0.1) is 5.52 Å². The van der Waals surface area contributed by atoms with Crippen LogP contribution in [0.25, 0.3) is 10.9 Å². The van der Waals surface area contributed by atoms with Gasteiger partial charge in [-0.2, -0.15) is 0 Å². The SMILES string of the molecule is Cc1c(CC(N)C(=O)O)c2cccc(C3CC3)c2n1C. The van der Waals surface area contributed by atoms with Crippen LogP contribution in [0, 0.1) is 6.92 Å². The van der Waals surface area contributed by atoms with Gasteiger partial charge in [0.25, 0.3) is 0 Å². The molecule has 106 valence electrons. The minimum Gasteiger partial charge on any atom is -0.480 e. The van der Waals surface area contributed by atoms with Crippen molar-refractivity contribution in [1.82, 2.24) is 4.57 Å². The summed E-state index contributed by atoms with van der Waals surface area (Å²) in [6, 6.07) is 5.51. The van der Waals surface area contributed by atoms with Gasteiger partial charge in [0.15, 0.2) is 0 Å². The van der Waals surface area contributed by atoms with Gasteiger partial charge in [-0.3, -0.25) is 4.79 Å². The third-order valence-electron chi connectivity index (χ3n) is 4.43. The first kappa shape index (κ1) is 13.2. The Morgan fingerprint density at radius 3 is 2.80 bits per heavy atom. The van der Waals surface area contributed by atoms with Crippen molar-refractivity contribution in [3.05, 3.63) is 35.0 Å². The smallest absolute Gasteiger partial charge is 0.320 e. The number of nitrogens with two attached hydrogens (primary N) is 1. The number of nitrogens with zero attached hydrogens (tertiary/aromatic N) is 1. The van der Waals surface area contributed by atoms with E-state index in [-0.39, 0.29) is 0 Å². The topological polar surface area (TPSA) is 68.2 Å². The third-order valence-corrected chi connectivity index (χ3v) is 4.43. The Bertz CT molecular complexity index is 683. The van der Waals surface area contributed by atoms with Crippen LogP contribution in [0.1, 0.15) is 35.6 Å². The van der Waals surface area contributed by atoms with Crippen LogP contribution in [0.4, 0.5) is 0 Å². The molecule has 20 heavy (non-hydrogen) atoms. The van der Waals surface area contributed by atoms with Crippen molar-refractivity contribution < 1.29 is 9.90 Å². The van der Waals surface area contributed by atoms with Crippen LogP contribution < -0.4 is 5.73 Å². The van der Waals surface area contributed by atoms with Gasteiger partial charge in [0.1, 0.15) is 6.04 Å². The number of aliphatic carboxylic acids is 1. The first-order valence-electron chi connectivity index (χ1n) is 7.06. The van der Waals surface area contributed by atoms with E-state index in [0.29, 0.717) is 12.3 Å². The van der Waals surface area contributed by atoms with Crippen LogP contribution in [0.3, 0.4) is 0 Å². The first-order valence-corrected chi connectivity index (χ1v) is 7.06. The number of aromatic nitrogens is 1. The van der Waals surface area contributed by atoms with E-state index in [2.05, 4.69) is 29.8 Å². The van der Waals surface area contributed by atoms with Gasteiger partial charge in [-0.25, -0.2) is 0 Å². The number of carboxylic acid groups (broad SMARTS) is 1. The van der Waals surface area contributed by atoms with Crippen LogP contribution in [0.15, 0.2) is 18.2 Å². The molecule has 1 aliphatic carbocycles. The maximum atomic E-state index is 11.0. The van der Waals surface area contributed by atoms with E-state index in [9.17, 15) is 4.79 Å². The normalized spacial score (nSPS) is 16.6. The Hall–Kier alpha value is -1.81. The van der Waals surface area contributed by atoms with Crippen molar-refractivity contribution in [3.63, 3.8) is 0 Å². The highest BCUT2D eigenvalue weighted by Gasteiger charge is 2.28. The molecule has 0 bridgehead atoms. The second-order valence-corrected chi connectivity index (χ2v) is 5.79. The predicted octanol–water partition coefficient (Wildman–Crippen LogP) is 2.32. The second kappa shape index (κ2) is 4.63. The summed E-state index contributed by atoms with van der Waals surface area (Å²) >= 11 is 0. The monoisotopic (exact) mass is 272 g/mol. The Labute approximate surface area is 118 Å². The van der Waals surface area contributed by atoms with E-state index in [4.69, 9.17) is 10.8 Å². The average molecular weight is 272 g/mol. The molecule has 1 aliphatic rings.